The third-order valence-electron chi connectivity index (χ3n) is 3.02. The molecule has 1 aromatic carbocycles. The van der Waals surface area contributed by atoms with Crippen LogP contribution in [0.1, 0.15) is 25.2 Å². The van der Waals surface area contributed by atoms with Crippen molar-refractivity contribution in [3.8, 4) is 0 Å². The van der Waals surface area contributed by atoms with Gasteiger partial charge in [-0.2, -0.15) is 0 Å². The summed E-state index contributed by atoms with van der Waals surface area (Å²) in [6, 6.07) is 6.45. The summed E-state index contributed by atoms with van der Waals surface area (Å²) in [6.45, 7) is 2.90. The van der Waals surface area contributed by atoms with Crippen LogP contribution >= 0.6 is 27.5 Å². The molecule has 0 aliphatic heterocycles. The second-order valence-corrected chi connectivity index (χ2v) is 5.48. The van der Waals surface area contributed by atoms with Gasteiger partial charge in [-0.1, -0.05) is 15.9 Å². The Balaban J connectivity index is 2.46. The van der Waals surface area contributed by atoms with E-state index in [1.165, 1.54) is 0 Å². The molecule has 0 aliphatic carbocycles. The van der Waals surface area contributed by atoms with Crippen LogP contribution in [0.4, 0.5) is 0 Å². The van der Waals surface area contributed by atoms with Crippen LogP contribution in [0.2, 0.25) is 0 Å². The van der Waals surface area contributed by atoms with Gasteiger partial charge in [0.25, 0.3) is 0 Å². The van der Waals surface area contributed by atoms with Crippen LogP contribution in [0.3, 0.4) is 0 Å². The lowest BCUT2D eigenvalue weighted by Gasteiger charge is -2.16. The third kappa shape index (κ3) is 2.71. The maximum atomic E-state index is 6.00. The van der Waals surface area contributed by atoms with Gasteiger partial charge < -0.3 is 9.30 Å². The van der Waals surface area contributed by atoms with E-state index in [-0.39, 0.29) is 0 Å². The molecule has 1 heterocycles. The Kier molecular flexibility index (Phi) is 4.65. The highest BCUT2D eigenvalue weighted by Crippen LogP contribution is 2.26. The van der Waals surface area contributed by atoms with Gasteiger partial charge in [0, 0.05) is 24.2 Å². The monoisotopic (exact) mass is 330 g/mol. The SMILES string of the molecule is COCCC(C)n1c(CCl)nc2cc(Br)ccc21. The van der Waals surface area contributed by atoms with E-state index in [1.807, 2.05) is 12.1 Å². The van der Waals surface area contributed by atoms with Crippen molar-refractivity contribution in [3.63, 3.8) is 0 Å². The van der Waals surface area contributed by atoms with Crippen LogP contribution < -0.4 is 0 Å². The predicted molar refractivity (Wildman–Crippen MR) is 78.2 cm³/mol. The smallest absolute Gasteiger partial charge is 0.125 e. The molecule has 2 aromatic rings. The molecule has 2 rings (SSSR count). The summed E-state index contributed by atoms with van der Waals surface area (Å²) in [5.41, 5.74) is 2.10. The molecule has 0 aliphatic rings. The molecule has 18 heavy (non-hydrogen) atoms. The number of fused-ring (bicyclic) bond motifs is 1. The Hall–Kier alpha value is -0.580. The molecular weight excluding hydrogens is 316 g/mol. The summed E-state index contributed by atoms with van der Waals surface area (Å²) in [5.74, 6) is 1.33. The van der Waals surface area contributed by atoms with E-state index in [2.05, 4.69) is 38.5 Å². The minimum absolute atomic E-state index is 0.324. The summed E-state index contributed by atoms with van der Waals surface area (Å²) in [5, 5.41) is 0. The quantitative estimate of drug-likeness (QED) is 0.770. The lowest BCUT2D eigenvalue weighted by molar-refractivity contribution is 0.181. The van der Waals surface area contributed by atoms with Gasteiger partial charge in [0.2, 0.25) is 0 Å². The number of hydrogen-bond acceptors (Lipinski definition) is 2. The van der Waals surface area contributed by atoms with Crippen molar-refractivity contribution < 1.29 is 4.74 Å². The molecule has 1 atom stereocenters. The average Bonchev–Trinajstić information content (AvgIpc) is 2.73. The molecule has 0 bridgehead atoms. The molecule has 98 valence electrons. The molecule has 0 saturated heterocycles. The van der Waals surface area contributed by atoms with Gasteiger partial charge in [-0.25, -0.2) is 4.98 Å². The molecule has 0 fully saturated rings. The van der Waals surface area contributed by atoms with E-state index in [0.717, 1.165) is 34.4 Å². The average molecular weight is 332 g/mol. The molecule has 0 amide bonds. The molecular formula is C13H16BrClN2O. The van der Waals surface area contributed by atoms with E-state index in [4.69, 9.17) is 16.3 Å². The zero-order chi connectivity index (χ0) is 13.1. The number of ether oxygens (including phenoxy) is 1. The summed E-state index contributed by atoms with van der Waals surface area (Å²) < 4.78 is 8.38. The first-order chi connectivity index (χ1) is 8.67. The molecule has 1 aromatic heterocycles. The standard InChI is InChI=1S/C13H16BrClN2O/c1-9(5-6-18-2)17-12-4-3-10(14)7-11(12)16-13(17)8-15/h3-4,7,9H,5-6,8H2,1-2H3. The lowest BCUT2D eigenvalue weighted by atomic mass is 10.2. The number of benzene rings is 1. The van der Waals surface area contributed by atoms with Gasteiger partial charge in [0.15, 0.2) is 0 Å². The lowest BCUT2D eigenvalue weighted by Crippen LogP contribution is -2.10. The second-order valence-electron chi connectivity index (χ2n) is 4.30. The van der Waals surface area contributed by atoms with Crippen molar-refractivity contribution in [1.29, 1.82) is 0 Å². The van der Waals surface area contributed by atoms with E-state index < -0.39 is 0 Å². The van der Waals surface area contributed by atoms with E-state index >= 15 is 0 Å². The van der Waals surface area contributed by atoms with Gasteiger partial charge in [0.1, 0.15) is 5.82 Å². The molecule has 0 N–H and O–H groups in total. The van der Waals surface area contributed by atoms with Gasteiger partial charge in [-0.15, -0.1) is 11.6 Å². The molecule has 0 radical (unpaired) electrons. The number of rotatable bonds is 5. The number of imidazole rings is 1. The highest BCUT2D eigenvalue weighted by atomic mass is 79.9. The molecule has 3 nitrogen and oxygen atoms in total. The number of methoxy groups -OCH3 is 1. The van der Waals surface area contributed by atoms with Crippen molar-refractivity contribution >= 4 is 38.6 Å². The first-order valence-corrected chi connectivity index (χ1v) is 7.21. The molecule has 1 unspecified atom stereocenters. The first kappa shape index (κ1) is 13.8. The highest BCUT2D eigenvalue weighted by Gasteiger charge is 2.15. The fourth-order valence-electron chi connectivity index (χ4n) is 2.13. The number of alkyl halides is 1. The second kappa shape index (κ2) is 6.04. The predicted octanol–water partition coefficient (Wildman–Crippen LogP) is 4.14. The largest absolute Gasteiger partial charge is 0.385 e. The van der Waals surface area contributed by atoms with Gasteiger partial charge in [-0.3, -0.25) is 0 Å². The minimum atomic E-state index is 0.324. The maximum absolute atomic E-state index is 6.00. The first-order valence-electron chi connectivity index (χ1n) is 5.88. The maximum Gasteiger partial charge on any atom is 0.125 e. The summed E-state index contributed by atoms with van der Waals surface area (Å²) in [6.07, 6.45) is 0.946. The van der Waals surface area contributed by atoms with Gasteiger partial charge in [-0.05, 0) is 31.5 Å². The molecule has 0 spiro atoms. The normalized spacial score (nSPS) is 13.1. The fourth-order valence-corrected chi connectivity index (χ4v) is 2.66. The Labute approximate surface area is 120 Å². The number of hydrogen-bond donors (Lipinski definition) is 0. The van der Waals surface area contributed by atoms with Crippen LogP contribution in [0, 0.1) is 0 Å². The zero-order valence-corrected chi connectivity index (χ0v) is 12.8. The minimum Gasteiger partial charge on any atom is -0.385 e. The fraction of sp³-hybridized carbons (Fsp3) is 0.462. The Bertz CT molecular complexity index is 541. The van der Waals surface area contributed by atoms with Gasteiger partial charge >= 0.3 is 0 Å². The number of halogens is 2. The third-order valence-corrected chi connectivity index (χ3v) is 3.76. The van der Waals surface area contributed by atoms with Crippen LogP contribution in [0.15, 0.2) is 22.7 Å². The Morgan fingerprint density at radius 2 is 2.28 bits per heavy atom. The highest BCUT2D eigenvalue weighted by molar-refractivity contribution is 9.10. The number of aromatic nitrogens is 2. The van der Waals surface area contributed by atoms with Crippen molar-refractivity contribution in [3.05, 3.63) is 28.5 Å². The van der Waals surface area contributed by atoms with E-state index in [0.29, 0.717) is 11.9 Å². The number of nitrogens with zero attached hydrogens (tertiary/aromatic N) is 2. The Morgan fingerprint density at radius 1 is 1.50 bits per heavy atom. The summed E-state index contributed by atoms with van der Waals surface area (Å²) in [4.78, 5) is 4.58. The van der Waals surface area contributed by atoms with E-state index in [1.54, 1.807) is 7.11 Å². The van der Waals surface area contributed by atoms with Crippen molar-refractivity contribution in [2.45, 2.75) is 25.3 Å². The van der Waals surface area contributed by atoms with Crippen LogP contribution in [-0.2, 0) is 10.6 Å². The van der Waals surface area contributed by atoms with Crippen molar-refractivity contribution in [1.82, 2.24) is 9.55 Å². The zero-order valence-electron chi connectivity index (χ0n) is 10.5. The summed E-state index contributed by atoms with van der Waals surface area (Å²) in [7, 11) is 1.72. The van der Waals surface area contributed by atoms with Crippen molar-refractivity contribution in [2.24, 2.45) is 0 Å². The van der Waals surface area contributed by atoms with E-state index in [9.17, 15) is 0 Å². The molecule has 5 heteroatoms. The van der Waals surface area contributed by atoms with Crippen molar-refractivity contribution in [2.75, 3.05) is 13.7 Å². The molecule has 0 saturated carbocycles. The summed E-state index contributed by atoms with van der Waals surface area (Å²) >= 11 is 9.46. The topological polar surface area (TPSA) is 27.1 Å². The Morgan fingerprint density at radius 3 is 2.94 bits per heavy atom. The van der Waals surface area contributed by atoms with Crippen LogP contribution in [0.25, 0.3) is 11.0 Å². The van der Waals surface area contributed by atoms with Gasteiger partial charge in [0.05, 0.1) is 16.9 Å². The van der Waals surface area contributed by atoms with Crippen LogP contribution in [-0.4, -0.2) is 23.3 Å². The van der Waals surface area contributed by atoms with Crippen LogP contribution in [0.5, 0.6) is 0 Å².